The van der Waals surface area contributed by atoms with Crippen molar-refractivity contribution < 1.29 is 62.3 Å². The molecule has 0 aromatic rings. The molecule has 0 aromatic heterocycles. The van der Waals surface area contributed by atoms with Crippen molar-refractivity contribution in [3.8, 4) is 0 Å². The van der Waals surface area contributed by atoms with Crippen molar-refractivity contribution in [1.29, 1.82) is 0 Å². The number of rotatable bonds is 8. The van der Waals surface area contributed by atoms with Crippen LogP contribution in [0.25, 0.3) is 0 Å². The van der Waals surface area contributed by atoms with Crippen molar-refractivity contribution in [2.45, 2.75) is 99.9 Å². The number of hydroxylamine groups is 2. The van der Waals surface area contributed by atoms with Crippen molar-refractivity contribution in [3.63, 3.8) is 0 Å². The second kappa shape index (κ2) is 8.28. The summed E-state index contributed by atoms with van der Waals surface area (Å²) < 4.78 is 170. The van der Waals surface area contributed by atoms with Gasteiger partial charge in [-0.05, 0) is 40.5 Å². The summed E-state index contributed by atoms with van der Waals surface area (Å²) in [6.45, 7) is 4.67. The summed E-state index contributed by atoms with van der Waals surface area (Å²) in [5.41, 5.74) is -2.13. The molecule has 3 nitrogen and oxygen atoms in total. The van der Waals surface area contributed by atoms with E-state index in [9.17, 15) is 62.3 Å². The van der Waals surface area contributed by atoms with E-state index >= 15 is 0 Å². The van der Waals surface area contributed by atoms with Gasteiger partial charge >= 0.3 is 35.8 Å². The Bertz CT molecular complexity index is 686. The average Bonchev–Trinajstić information content (AvgIpc) is 2.57. The summed E-state index contributed by atoms with van der Waals surface area (Å²) in [5.74, 6) is -36.8. The van der Waals surface area contributed by atoms with Crippen LogP contribution in [-0.2, 0) is 5.21 Å². The molecule has 0 amide bonds. The average molecular weight is 517 g/mol. The van der Waals surface area contributed by atoms with Crippen LogP contribution in [0.15, 0.2) is 0 Å². The van der Waals surface area contributed by atoms with Gasteiger partial charge in [-0.2, -0.15) is 57.1 Å². The molecule has 1 rings (SSSR count). The Labute approximate surface area is 180 Å². The molecular weight excluding hydrogens is 495 g/mol. The molecule has 1 aliphatic heterocycles. The van der Waals surface area contributed by atoms with Crippen LogP contribution in [0, 0.1) is 0 Å². The fraction of sp³-hybridized carbons (Fsp3) is 1.00. The molecule has 0 bridgehead atoms. The number of hydrogen-bond donors (Lipinski definition) is 1. The first-order valence-corrected chi connectivity index (χ1v) is 9.36. The summed E-state index contributed by atoms with van der Waals surface area (Å²) in [6.07, 6.45) is -9.77. The first-order chi connectivity index (χ1) is 14.2. The zero-order valence-corrected chi connectivity index (χ0v) is 17.7. The van der Waals surface area contributed by atoms with E-state index < -0.39 is 65.9 Å². The van der Waals surface area contributed by atoms with E-state index in [-0.39, 0.29) is 12.8 Å². The Morgan fingerprint density at radius 2 is 1.06 bits per heavy atom. The first kappa shape index (κ1) is 30.0. The third-order valence-corrected chi connectivity index (χ3v) is 5.46. The van der Waals surface area contributed by atoms with E-state index in [2.05, 4.69) is 5.32 Å². The smallest absolute Gasteiger partial charge is 0.314 e. The molecule has 33 heavy (non-hydrogen) atoms. The van der Waals surface area contributed by atoms with Crippen molar-refractivity contribution in [3.05, 3.63) is 0 Å². The standard InChI is InChI=1S/C17H22F13N2O/c1-10(2)7-9(8-11(3,4)32(10)33)31-6-5-12(18,19)13(20,21)14(22,23)15(24,25)16(26,27)17(28,29)30/h9,31H,5-8H2,1-4H3. The number of hydrogen-bond acceptors (Lipinski definition) is 2. The van der Waals surface area contributed by atoms with Gasteiger partial charge in [-0.15, -0.1) is 10.3 Å². The predicted octanol–water partition coefficient (Wildman–Crippen LogP) is 6.07. The van der Waals surface area contributed by atoms with Crippen LogP contribution < -0.4 is 5.32 Å². The lowest BCUT2D eigenvalue weighted by Gasteiger charge is -2.50. The van der Waals surface area contributed by atoms with Crippen LogP contribution in [0.5, 0.6) is 0 Å². The SMILES string of the molecule is CC1(C)CC(NCCC(F)(F)C(F)(F)C(F)(F)C(F)(F)C(F)(F)C(F)(F)F)CC(C)(C)N1[O]. The molecule has 0 unspecified atom stereocenters. The van der Waals surface area contributed by atoms with Crippen molar-refractivity contribution in [1.82, 2.24) is 10.4 Å². The fourth-order valence-electron chi connectivity index (χ4n) is 3.80. The molecule has 0 spiro atoms. The number of alkyl halides is 13. The van der Waals surface area contributed by atoms with Crippen LogP contribution in [-0.4, -0.2) is 64.5 Å². The van der Waals surface area contributed by atoms with Gasteiger partial charge in [0.15, 0.2) is 0 Å². The number of nitrogens with one attached hydrogen (secondary N) is 1. The third kappa shape index (κ3) is 4.88. The molecule has 1 heterocycles. The second-order valence-electron chi connectivity index (χ2n) is 9.23. The van der Waals surface area contributed by atoms with Crippen molar-refractivity contribution >= 4 is 0 Å². The van der Waals surface area contributed by atoms with Crippen LogP contribution in [0.2, 0.25) is 0 Å². The monoisotopic (exact) mass is 517 g/mol. The highest BCUT2D eigenvalue weighted by molar-refractivity contribution is 5.10. The van der Waals surface area contributed by atoms with Crippen molar-refractivity contribution in [2.75, 3.05) is 6.54 Å². The van der Waals surface area contributed by atoms with Gasteiger partial charge in [0.2, 0.25) is 0 Å². The summed E-state index contributed by atoms with van der Waals surface area (Å²) in [4.78, 5) is 0. The lowest BCUT2D eigenvalue weighted by atomic mass is 9.79. The highest BCUT2D eigenvalue weighted by atomic mass is 19.4. The molecule has 1 saturated heterocycles. The maximum absolute atomic E-state index is 13.8. The number of nitrogens with zero attached hydrogens (tertiary/aromatic N) is 1. The zero-order valence-electron chi connectivity index (χ0n) is 17.7. The fourth-order valence-corrected chi connectivity index (χ4v) is 3.80. The van der Waals surface area contributed by atoms with Gasteiger partial charge in [-0.3, -0.25) is 0 Å². The maximum Gasteiger partial charge on any atom is 0.460 e. The Kier molecular flexibility index (Phi) is 7.53. The Balaban J connectivity index is 3.05. The van der Waals surface area contributed by atoms with Gasteiger partial charge in [0.05, 0.1) is 0 Å². The molecule has 1 N–H and O–H groups in total. The molecule has 16 heteroatoms. The first-order valence-electron chi connectivity index (χ1n) is 9.36. The molecular formula is C17H22F13N2O. The summed E-state index contributed by atoms with van der Waals surface area (Å²) >= 11 is 0. The Morgan fingerprint density at radius 3 is 1.42 bits per heavy atom. The molecule has 1 radical (unpaired) electrons. The van der Waals surface area contributed by atoms with Gasteiger partial charge < -0.3 is 5.32 Å². The summed E-state index contributed by atoms with van der Waals surface area (Å²) in [5, 5.41) is 15.2. The number of halogens is 13. The van der Waals surface area contributed by atoms with Gasteiger partial charge in [-0.1, -0.05) is 0 Å². The van der Waals surface area contributed by atoms with Gasteiger partial charge in [0.25, 0.3) is 0 Å². The Morgan fingerprint density at radius 1 is 0.697 bits per heavy atom. The van der Waals surface area contributed by atoms with Crippen molar-refractivity contribution in [2.24, 2.45) is 0 Å². The molecule has 0 aromatic carbocycles. The van der Waals surface area contributed by atoms with E-state index in [1.807, 2.05) is 0 Å². The molecule has 197 valence electrons. The van der Waals surface area contributed by atoms with E-state index in [1.165, 1.54) is 27.7 Å². The largest absolute Gasteiger partial charge is 0.460 e. The quantitative estimate of drug-likeness (QED) is 0.397. The minimum Gasteiger partial charge on any atom is -0.314 e. The molecule has 1 fully saturated rings. The van der Waals surface area contributed by atoms with Gasteiger partial charge in [0.1, 0.15) is 0 Å². The highest BCUT2D eigenvalue weighted by Crippen LogP contribution is 2.60. The van der Waals surface area contributed by atoms with E-state index in [0.29, 0.717) is 5.06 Å². The minimum absolute atomic E-state index is 0.0199. The molecule has 0 saturated carbocycles. The molecule has 0 aliphatic carbocycles. The lowest BCUT2D eigenvalue weighted by Crippen LogP contribution is -2.70. The highest BCUT2D eigenvalue weighted by Gasteiger charge is 2.90. The van der Waals surface area contributed by atoms with Gasteiger partial charge in [0, 0.05) is 30.1 Å². The summed E-state index contributed by atoms with van der Waals surface area (Å²) in [7, 11) is 0. The number of piperidine rings is 1. The summed E-state index contributed by atoms with van der Waals surface area (Å²) in [6, 6.07) is -0.791. The van der Waals surface area contributed by atoms with Crippen LogP contribution >= 0.6 is 0 Å². The van der Waals surface area contributed by atoms with Crippen LogP contribution in [0.4, 0.5) is 57.1 Å². The maximum atomic E-state index is 13.8. The van der Waals surface area contributed by atoms with Gasteiger partial charge in [-0.25, -0.2) is 0 Å². The van der Waals surface area contributed by atoms with E-state index in [1.54, 1.807) is 0 Å². The van der Waals surface area contributed by atoms with Crippen LogP contribution in [0.3, 0.4) is 0 Å². The topological polar surface area (TPSA) is 35.2 Å². The van der Waals surface area contributed by atoms with E-state index in [0.717, 1.165) is 0 Å². The normalized spacial score (nSPS) is 22.0. The lowest BCUT2D eigenvalue weighted by molar-refractivity contribution is -0.440. The van der Waals surface area contributed by atoms with E-state index in [4.69, 9.17) is 0 Å². The Hall–Kier alpha value is -1.03. The molecule has 0 atom stereocenters. The van der Waals surface area contributed by atoms with Crippen LogP contribution in [0.1, 0.15) is 47.0 Å². The predicted molar refractivity (Wildman–Crippen MR) is 87.1 cm³/mol. The third-order valence-electron chi connectivity index (χ3n) is 5.46. The molecule has 1 aliphatic rings. The second-order valence-corrected chi connectivity index (χ2v) is 9.23. The zero-order chi connectivity index (χ0) is 26.7. The minimum atomic E-state index is -7.90.